The van der Waals surface area contributed by atoms with Crippen molar-refractivity contribution in [3.8, 4) is 11.5 Å². The molecule has 0 aliphatic carbocycles. The predicted octanol–water partition coefficient (Wildman–Crippen LogP) is 2.91. The molecule has 0 radical (unpaired) electrons. The molecule has 4 nitrogen and oxygen atoms in total. The number of ether oxygens (including phenoxy) is 2. The van der Waals surface area contributed by atoms with E-state index in [1.807, 2.05) is 6.07 Å². The molecule has 0 spiro atoms. The third-order valence-electron chi connectivity index (χ3n) is 2.75. The lowest BCUT2D eigenvalue weighted by molar-refractivity contribution is -0.137. The van der Waals surface area contributed by atoms with Crippen molar-refractivity contribution in [2.45, 2.75) is 25.7 Å². The van der Waals surface area contributed by atoms with Crippen LogP contribution in [0.15, 0.2) is 12.1 Å². The molecular formula is C13H15ClO4. The number of aryl methyl sites for hydroxylation is 1. The number of benzene rings is 1. The van der Waals surface area contributed by atoms with Gasteiger partial charge in [-0.2, -0.15) is 0 Å². The Morgan fingerprint density at radius 2 is 1.94 bits per heavy atom. The van der Waals surface area contributed by atoms with Gasteiger partial charge in [0.2, 0.25) is 0 Å². The van der Waals surface area contributed by atoms with Crippen LogP contribution in [-0.4, -0.2) is 24.3 Å². The highest BCUT2D eigenvalue weighted by molar-refractivity contribution is 6.31. The van der Waals surface area contributed by atoms with Crippen LogP contribution in [0, 0.1) is 0 Å². The van der Waals surface area contributed by atoms with E-state index in [1.165, 1.54) is 0 Å². The lowest BCUT2D eigenvalue weighted by Crippen LogP contribution is -1.98. The largest absolute Gasteiger partial charge is 0.490 e. The summed E-state index contributed by atoms with van der Waals surface area (Å²) in [6.07, 6.45) is 2.18. The lowest BCUT2D eigenvalue weighted by atomic mass is 10.1. The van der Waals surface area contributed by atoms with Crippen LogP contribution in [0.5, 0.6) is 11.5 Å². The zero-order chi connectivity index (χ0) is 13.0. The molecule has 1 aliphatic heterocycles. The fourth-order valence-corrected chi connectivity index (χ4v) is 2.10. The van der Waals surface area contributed by atoms with Gasteiger partial charge in [-0.15, -0.1) is 0 Å². The minimum absolute atomic E-state index is 0.144. The molecule has 0 saturated carbocycles. The second-order valence-corrected chi connectivity index (χ2v) is 4.60. The van der Waals surface area contributed by atoms with Crippen molar-refractivity contribution in [1.29, 1.82) is 0 Å². The summed E-state index contributed by atoms with van der Waals surface area (Å²) in [5, 5.41) is 9.21. The molecule has 0 atom stereocenters. The van der Waals surface area contributed by atoms with Gasteiger partial charge in [0.05, 0.1) is 13.2 Å². The molecule has 0 aromatic heterocycles. The normalized spacial score (nSPS) is 14.1. The summed E-state index contributed by atoms with van der Waals surface area (Å²) < 4.78 is 11.1. The Balaban J connectivity index is 2.11. The first-order chi connectivity index (χ1) is 8.66. The van der Waals surface area contributed by atoms with Gasteiger partial charge < -0.3 is 14.6 Å². The molecule has 1 N–H and O–H groups in total. The van der Waals surface area contributed by atoms with Crippen molar-refractivity contribution < 1.29 is 19.4 Å². The topological polar surface area (TPSA) is 55.8 Å². The van der Waals surface area contributed by atoms with Crippen molar-refractivity contribution in [1.82, 2.24) is 0 Å². The zero-order valence-corrected chi connectivity index (χ0v) is 10.7. The second kappa shape index (κ2) is 5.96. The van der Waals surface area contributed by atoms with E-state index in [-0.39, 0.29) is 6.42 Å². The predicted molar refractivity (Wildman–Crippen MR) is 67.6 cm³/mol. The van der Waals surface area contributed by atoms with Crippen molar-refractivity contribution >= 4 is 17.6 Å². The number of rotatable bonds is 4. The Labute approximate surface area is 110 Å². The number of hydrogen-bond acceptors (Lipinski definition) is 3. The van der Waals surface area contributed by atoms with Crippen LogP contribution < -0.4 is 9.47 Å². The van der Waals surface area contributed by atoms with Crippen LogP contribution in [0.25, 0.3) is 0 Å². The molecule has 1 aliphatic rings. The molecule has 0 fully saturated rings. The van der Waals surface area contributed by atoms with E-state index in [4.69, 9.17) is 26.2 Å². The number of carbonyl (C=O) groups is 1. The number of carboxylic acid groups (broad SMARTS) is 1. The number of hydrogen-bond donors (Lipinski definition) is 1. The van der Waals surface area contributed by atoms with E-state index in [9.17, 15) is 4.79 Å². The molecular weight excluding hydrogens is 256 g/mol. The molecule has 1 heterocycles. The average molecular weight is 271 g/mol. The van der Waals surface area contributed by atoms with Gasteiger partial charge in [0.1, 0.15) is 0 Å². The van der Waals surface area contributed by atoms with E-state index in [0.717, 1.165) is 12.0 Å². The van der Waals surface area contributed by atoms with Crippen LogP contribution in [0.1, 0.15) is 24.8 Å². The smallest absolute Gasteiger partial charge is 0.303 e. The Morgan fingerprint density at radius 1 is 1.28 bits per heavy atom. The average Bonchev–Trinajstić information content (AvgIpc) is 2.53. The Kier molecular flexibility index (Phi) is 4.31. The molecule has 0 saturated heterocycles. The first-order valence-corrected chi connectivity index (χ1v) is 6.34. The summed E-state index contributed by atoms with van der Waals surface area (Å²) in [4.78, 5) is 10.5. The van der Waals surface area contributed by atoms with E-state index in [2.05, 4.69) is 0 Å². The summed E-state index contributed by atoms with van der Waals surface area (Å²) >= 11 is 6.15. The first kappa shape index (κ1) is 13.0. The quantitative estimate of drug-likeness (QED) is 0.914. The molecule has 0 amide bonds. The van der Waals surface area contributed by atoms with Gasteiger partial charge in [-0.1, -0.05) is 11.6 Å². The first-order valence-electron chi connectivity index (χ1n) is 5.96. The summed E-state index contributed by atoms with van der Waals surface area (Å²) in [5.41, 5.74) is 0.905. The number of halogens is 1. The SMILES string of the molecule is O=C(O)CCCc1cc2c(cc1Cl)OCCCO2. The van der Waals surface area contributed by atoms with Crippen LogP contribution >= 0.6 is 11.6 Å². The van der Waals surface area contributed by atoms with Gasteiger partial charge >= 0.3 is 5.97 Å². The van der Waals surface area contributed by atoms with E-state index in [0.29, 0.717) is 42.6 Å². The maximum absolute atomic E-state index is 10.5. The van der Waals surface area contributed by atoms with E-state index in [1.54, 1.807) is 6.07 Å². The molecule has 0 unspecified atom stereocenters. The Hall–Kier alpha value is -1.42. The third kappa shape index (κ3) is 3.29. The molecule has 98 valence electrons. The van der Waals surface area contributed by atoms with Gasteiger partial charge in [0.25, 0.3) is 0 Å². The number of aliphatic carboxylic acids is 1. The number of fused-ring (bicyclic) bond motifs is 1. The van der Waals surface area contributed by atoms with Crippen molar-refractivity contribution in [3.63, 3.8) is 0 Å². The summed E-state index contributed by atoms with van der Waals surface area (Å²) in [6.45, 7) is 1.25. The fraction of sp³-hybridized carbons (Fsp3) is 0.462. The lowest BCUT2D eigenvalue weighted by Gasteiger charge is -2.11. The molecule has 18 heavy (non-hydrogen) atoms. The summed E-state index contributed by atoms with van der Waals surface area (Å²) in [6, 6.07) is 3.60. The van der Waals surface area contributed by atoms with Gasteiger partial charge in [-0.05, 0) is 24.5 Å². The Bertz CT molecular complexity index is 445. The maximum Gasteiger partial charge on any atom is 0.303 e. The van der Waals surface area contributed by atoms with Gasteiger partial charge in [-0.3, -0.25) is 4.79 Å². The summed E-state index contributed by atoms with van der Waals surface area (Å²) in [5.74, 6) is 0.571. The highest BCUT2D eigenvalue weighted by Crippen LogP contribution is 2.35. The minimum Gasteiger partial charge on any atom is -0.490 e. The fourth-order valence-electron chi connectivity index (χ4n) is 1.85. The van der Waals surface area contributed by atoms with Gasteiger partial charge in [-0.25, -0.2) is 0 Å². The Morgan fingerprint density at radius 3 is 2.61 bits per heavy atom. The van der Waals surface area contributed by atoms with E-state index < -0.39 is 5.97 Å². The van der Waals surface area contributed by atoms with Crippen LogP contribution in [0.3, 0.4) is 0 Å². The molecule has 5 heteroatoms. The van der Waals surface area contributed by atoms with Crippen molar-refractivity contribution in [2.75, 3.05) is 13.2 Å². The third-order valence-corrected chi connectivity index (χ3v) is 3.11. The maximum atomic E-state index is 10.5. The molecule has 2 rings (SSSR count). The highest BCUT2D eigenvalue weighted by Gasteiger charge is 2.14. The van der Waals surface area contributed by atoms with Crippen LogP contribution in [0.2, 0.25) is 5.02 Å². The van der Waals surface area contributed by atoms with Crippen molar-refractivity contribution in [3.05, 3.63) is 22.7 Å². The second-order valence-electron chi connectivity index (χ2n) is 4.19. The van der Waals surface area contributed by atoms with E-state index >= 15 is 0 Å². The van der Waals surface area contributed by atoms with Gasteiger partial charge in [0.15, 0.2) is 11.5 Å². The van der Waals surface area contributed by atoms with Gasteiger partial charge in [0, 0.05) is 23.9 Å². The van der Waals surface area contributed by atoms with Crippen LogP contribution in [-0.2, 0) is 11.2 Å². The highest BCUT2D eigenvalue weighted by atomic mass is 35.5. The zero-order valence-electron chi connectivity index (χ0n) is 9.95. The standard InChI is InChI=1S/C13H15ClO4/c14-10-8-12-11(17-5-2-6-18-12)7-9(10)3-1-4-13(15)16/h7-8H,1-6H2,(H,15,16). The minimum atomic E-state index is -0.791. The monoisotopic (exact) mass is 270 g/mol. The van der Waals surface area contributed by atoms with Crippen LogP contribution in [0.4, 0.5) is 0 Å². The van der Waals surface area contributed by atoms with Crippen molar-refractivity contribution in [2.24, 2.45) is 0 Å². The molecule has 1 aromatic carbocycles. The molecule has 1 aromatic rings. The molecule has 0 bridgehead atoms. The number of carboxylic acids is 1. The summed E-state index contributed by atoms with van der Waals surface area (Å²) in [7, 11) is 0.